The van der Waals surface area contributed by atoms with Crippen LogP contribution < -0.4 is 20.3 Å². The molecule has 2 atom stereocenters. The average molecular weight is 385 g/mol. The van der Waals surface area contributed by atoms with E-state index in [1.807, 2.05) is 75.4 Å². The molecule has 28 heavy (non-hydrogen) atoms. The molecule has 0 bridgehead atoms. The van der Waals surface area contributed by atoms with Crippen LogP contribution in [0.15, 0.2) is 54.6 Å². The molecule has 0 radical (unpaired) electrons. The van der Waals surface area contributed by atoms with Crippen LogP contribution >= 0.6 is 0 Å². The minimum Gasteiger partial charge on any atom is -0.492 e. The fourth-order valence-corrected chi connectivity index (χ4v) is 3.17. The number of likely N-dealkylation sites (N-methyl/N-ethyl adjacent to an activating group) is 2. The average Bonchev–Trinajstić information content (AvgIpc) is 2.70. The Morgan fingerprint density at radius 3 is 2.32 bits per heavy atom. The predicted octanol–water partition coefficient (Wildman–Crippen LogP) is 1.81. The SMILES string of the molecule is CCNC(=O)C[NH+](CC)[C@@H](C(=O)Nc1ccccc1OCC)c1ccccc1. The molecule has 0 fully saturated rings. The summed E-state index contributed by atoms with van der Waals surface area (Å²) in [6, 6.07) is 16.4. The highest BCUT2D eigenvalue weighted by molar-refractivity contribution is 5.96. The van der Waals surface area contributed by atoms with E-state index >= 15 is 0 Å². The zero-order valence-electron chi connectivity index (χ0n) is 16.8. The number of anilines is 1. The normalized spacial score (nSPS) is 12.7. The summed E-state index contributed by atoms with van der Waals surface area (Å²) >= 11 is 0. The number of carbonyl (C=O) groups excluding carboxylic acids is 2. The highest BCUT2D eigenvalue weighted by Crippen LogP contribution is 2.25. The molecule has 0 aliphatic rings. The van der Waals surface area contributed by atoms with E-state index in [-0.39, 0.29) is 18.4 Å². The molecule has 2 aromatic carbocycles. The van der Waals surface area contributed by atoms with Crippen LogP contribution in [0, 0.1) is 0 Å². The minimum atomic E-state index is -0.511. The van der Waals surface area contributed by atoms with Crippen molar-refractivity contribution in [3.63, 3.8) is 0 Å². The van der Waals surface area contributed by atoms with Gasteiger partial charge in [0.15, 0.2) is 12.6 Å². The standard InChI is InChI=1S/C22H29N3O3/c1-4-23-20(26)16-25(5-2)21(17-12-8-7-9-13-17)22(27)24-18-14-10-11-15-19(18)28-6-3/h7-15,21H,4-6,16H2,1-3H3,(H,23,26)(H,24,27)/p+1/t21-/m1/s1. The van der Waals surface area contributed by atoms with E-state index in [1.54, 1.807) is 0 Å². The summed E-state index contributed by atoms with van der Waals surface area (Å²) in [5, 5.41) is 5.82. The predicted molar refractivity (Wildman–Crippen MR) is 110 cm³/mol. The second-order valence-electron chi connectivity index (χ2n) is 6.40. The maximum atomic E-state index is 13.3. The van der Waals surface area contributed by atoms with Gasteiger partial charge < -0.3 is 20.3 Å². The van der Waals surface area contributed by atoms with Crippen molar-refractivity contribution in [3.05, 3.63) is 60.2 Å². The molecule has 2 amide bonds. The Morgan fingerprint density at radius 2 is 1.68 bits per heavy atom. The zero-order chi connectivity index (χ0) is 20.4. The van der Waals surface area contributed by atoms with Gasteiger partial charge in [-0.25, -0.2) is 0 Å². The van der Waals surface area contributed by atoms with Crippen LogP contribution in [-0.2, 0) is 9.59 Å². The lowest BCUT2D eigenvalue weighted by atomic mass is 10.0. The molecular formula is C22H30N3O3+. The molecular weight excluding hydrogens is 354 g/mol. The monoisotopic (exact) mass is 384 g/mol. The van der Waals surface area contributed by atoms with E-state index in [0.717, 1.165) is 10.5 Å². The van der Waals surface area contributed by atoms with E-state index in [9.17, 15) is 9.59 Å². The molecule has 0 aliphatic heterocycles. The molecule has 6 heteroatoms. The first kappa shape index (κ1) is 21.4. The lowest BCUT2D eigenvalue weighted by Crippen LogP contribution is -3.14. The molecule has 0 saturated carbocycles. The van der Waals surface area contributed by atoms with Crippen LogP contribution in [0.4, 0.5) is 5.69 Å². The number of quaternary nitrogens is 1. The molecule has 0 aromatic heterocycles. The lowest BCUT2D eigenvalue weighted by molar-refractivity contribution is -0.912. The van der Waals surface area contributed by atoms with Crippen LogP contribution in [0.5, 0.6) is 5.75 Å². The highest BCUT2D eigenvalue weighted by Gasteiger charge is 2.32. The van der Waals surface area contributed by atoms with Crippen LogP contribution in [0.25, 0.3) is 0 Å². The summed E-state index contributed by atoms with van der Waals surface area (Å²) in [5.41, 5.74) is 1.50. The maximum absolute atomic E-state index is 13.3. The maximum Gasteiger partial charge on any atom is 0.287 e. The first-order valence-corrected chi connectivity index (χ1v) is 9.79. The van der Waals surface area contributed by atoms with Crippen molar-refractivity contribution in [2.24, 2.45) is 0 Å². The Morgan fingerprint density at radius 1 is 1.00 bits per heavy atom. The lowest BCUT2D eigenvalue weighted by Gasteiger charge is -2.27. The Bertz CT molecular complexity index is 765. The van der Waals surface area contributed by atoms with Gasteiger partial charge in [0, 0.05) is 12.1 Å². The smallest absolute Gasteiger partial charge is 0.287 e. The number of hydrogen-bond donors (Lipinski definition) is 3. The highest BCUT2D eigenvalue weighted by atomic mass is 16.5. The molecule has 0 spiro atoms. The van der Waals surface area contributed by atoms with Crippen molar-refractivity contribution in [2.45, 2.75) is 26.8 Å². The summed E-state index contributed by atoms with van der Waals surface area (Å²) in [6.07, 6.45) is 0. The number of amides is 2. The van der Waals surface area contributed by atoms with Crippen molar-refractivity contribution in [1.29, 1.82) is 0 Å². The van der Waals surface area contributed by atoms with Gasteiger partial charge in [0.1, 0.15) is 5.75 Å². The van der Waals surface area contributed by atoms with E-state index in [0.29, 0.717) is 31.1 Å². The van der Waals surface area contributed by atoms with Crippen molar-refractivity contribution < 1.29 is 19.2 Å². The number of carbonyl (C=O) groups is 2. The molecule has 0 heterocycles. The van der Waals surface area contributed by atoms with Crippen molar-refractivity contribution >= 4 is 17.5 Å². The summed E-state index contributed by atoms with van der Waals surface area (Å²) in [5.74, 6) is 0.397. The fourth-order valence-electron chi connectivity index (χ4n) is 3.17. The van der Waals surface area contributed by atoms with Gasteiger partial charge in [-0.1, -0.05) is 42.5 Å². The second kappa shape index (κ2) is 11.1. The Balaban J connectivity index is 2.31. The first-order chi connectivity index (χ1) is 13.6. The van der Waals surface area contributed by atoms with Crippen LogP contribution in [0.2, 0.25) is 0 Å². The van der Waals surface area contributed by atoms with E-state index in [2.05, 4.69) is 10.6 Å². The summed E-state index contributed by atoms with van der Waals surface area (Å²) in [4.78, 5) is 26.4. The minimum absolute atomic E-state index is 0.0669. The Kier molecular flexibility index (Phi) is 8.49. The van der Waals surface area contributed by atoms with E-state index in [4.69, 9.17) is 4.74 Å². The van der Waals surface area contributed by atoms with Gasteiger partial charge in [-0.15, -0.1) is 0 Å². The molecule has 2 rings (SSSR count). The number of para-hydroxylation sites is 2. The fraction of sp³-hybridized carbons (Fsp3) is 0.364. The van der Waals surface area contributed by atoms with Gasteiger partial charge in [-0.3, -0.25) is 9.59 Å². The van der Waals surface area contributed by atoms with Gasteiger partial charge in [-0.05, 0) is 32.9 Å². The molecule has 1 unspecified atom stereocenters. The topological polar surface area (TPSA) is 71.9 Å². The molecule has 0 saturated heterocycles. The Labute approximate surface area is 166 Å². The van der Waals surface area contributed by atoms with Crippen LogP contribution in [0.1, 0.15) is 32.4 Å². The second-order valence-corrected chi connectivity index (χ2v) is 6.40. The quantitative estimate of drug-likeness (QED) is 0.585. The van der Waals surface area contributed by atoms with Crippen molar-refractivity contribution in [3.8, 4) is 5.75 Å². The van der Waals surface area contributed by atoms with Crippen molar-refractivity contribution in [1.82, 2.24) is 5.32 Å². The van der Waals surface area contributed by atoms with Crippen LogP contribution in [-0.4, -0.2) is 38.1 Å². The number of rotatable bonds is 10. The Hall–Kier alpha value is -2.86. The van der Waals surface area contributed by atoms with Gasteiger partial charge in [0.05, 0.1) is 18.8 Å². The molecule has 150 valence electrons. The van der Waals surface area contributed by atoms with Gasteiger partial charge >= 0.3 is 0 Å². The molecule has 3 N–H and O–H groups in total. The third-order valence-corrected chi connectivity index (χ3v) is 4.46. The zero-order valence-corrected chi connectivity index (χ0v) is 16.8. The largest absolute Gasteiger partial charge is 0.492 e. The molecule has 0 aliphatic carbocycles. The van der Waals surface area contributed by atoms with Crippen molar-refractivity contribution in [2.75, 3.05) is 31.6 Å². The van der Waals surface area contributed by atoms with E-state index in [1.165, 1.54) is 0 Å². The van der Waals surface area contributed by atoms with E-state index < -0.39 is 6.04 Å². The summed E-state index contributed by atoms with van der Waals surface area (Å²) in [6.45, 7) is 7.71. The van der Waals surface area contributed by atoms with Gasteiger partial charge in [-0.2, -0.15) is 0 Å². The van der Waals surface area contributed by atoms with Crippen LogP contribution in [0.3, 0.4) is 0 Å². The third-order valence-electron chi connectivity index (χ3n) is 4.46. The number of hydrogen-bond acceptors (Lipinski definition) is 3. The summed E-state index contributed by atoms with van der Waals surface area (Å²) < 4.78 is 5.62. The first-order valence-electron chi connectivity index (χ1n) is 9.79. The summed E-state index contributed by atoms with van der Waals surface area (Å²) in [7, 11) is 0. The van der Waals surface area contributed by atoms with Gasteiger partial charge in [0.25, 0.3) is 11.8 Å². The van der Waals surface area contributed by atoms with Gasteiger partial charge in [0.2, 0.25) is 0 Å². The third kappa shape index (κ3) is 5.82. The number of ether oxygens (including phenoxy) is 1. The molecule has 6 nitrogen and oxygen atoms in total. The molecule has 2 aromatic rings. The number of benzene rings is 2. The number of nitrogens with one attached hydrogen (secondary N) is 3.